The van der Waals surface area contributed by atoms with Crippen LogP contribution < -0.4 is 5.32 Å². The number of hydrogen-bond acceptors (Lipinski definition) is 4. The van der Waals surface area contributed by atoms with Gasteiger partial charge in [0, 0.05) is 17.2 Å². The summed E-state index contributed by atoms with van der Waals surface area (Å²) in [6.45, 7) is 2.60. The second-order valence-corrected chi connectivity index (χ2v) is 7.83. The van der Waals surface area contributed by atoms with E-state index in [-0.39, 0.29) is 18.3 Å². The Morgan fingerprint density at radius 2 is 2.00 bits per heavy atom. The van der Waals surface area contributed by atoms with Crippen molar-refractivity contribution in [2.24, 2.45) is 5.92 Å². The SMILES string of the molecule is CC(CCCS(=O)(=O)Cl)CNC(=O)OCc1ccccc1. The highest BCUT2D eigenvalue weighted by Gasteiger charge is 2.09. The lowest BCUT2D eigenvalue weighted by Crippen LogP contribution is -2.29. The Bertz CT molecular complexity index is 533. The molecule has 0 fully saturated rings. The highest BCUT2D eigenvalue weighted by atomic mass is 35.7. The van der Waals surface area contributed by atoms with Gasteiger partial charge in [-0.25, -0.2) is 13.2 Å². The standard InChI is InChI=1S/C14H20ClNO4S/c1-12(6-5-9-21(15,18)19)10-16-14(17)20-11-13-7-3-2-4-8-13/h2-4,7-8,12H,5-6,9-11H2,1H3,(H,16,17). The van der Waals surface area contributed by atoms with E-state index in [2.05, 4.69) is 5.32 Å². The van der Waals surface area contributed by atoms with Crippen LogP contribution in [0.3, 0.4) is 0 Å². The Morgan fingerprint density at radius 1 is 1.33 bits per heavy atom. The van der Waals surface area contributed by atoms with Gasteiger partial charge in [-0.05, 0) is 24.3 Å². The van der Waals surface area contributed by atoms with Crippen LogP contribution >= 0.6 is 10.7 Å². The molecule has 1 rings (SSSR count). The van der Waals surface area contributed by atoms with Crippen LogP contribution in [-0.2, 0) is 20.4 Å². The van der Waals surface area contributed by atoms with Crippen molar-refractivity contribution in [2.45, 2.75) is 26.4 Å². The fourth-order valence-corrected chi connectivity index (χ4v) is 2.58. The number of carbonyl (C=O) groups is 1. The molecule has 0 saturated heterocycles. The van der Waals surface area contributed by atoms with E-state index in [1.54, 1.807) is 0 Å². The Kier molecular flexibility index (Phi) is 7.53. The number of alkyl carbamates (subject to hydrolysis) is 1. The van der Waals surface area contributed by atoms with Crippen LogP contribution in [0.5, 0.6) is 0 Å². The van der Waals surface area contributed by atoms with Crippen molar-refractivity contribution in [3.63, 3.8) is 0 Å². The summed E-state index contributed by atoms with van der Waals surface area (Å²) >= 11 is 0. The van der Waals surface area contributed by atoms with Crippen molar-refractivity contribution in [1.82, 2.24) is 5.32 Å². The average molecular weight is 334 g/mol. The van der Waals surface area contributed by atoms with Gasteiger partial charge in [-0.1, -0.05) is 37.3 Å². The van der Waals surface area contributed by atoms with Crippen LogP contribution in [0.15, 0.2) is 30.3 Å². The zero-order valence-electron chi connectivity index (χ0n) is 11.9. The van der Waals surface area contributed by atoms with Gasteiger partial charge in [0.15, 0.2) is 0 Å². The van der Waals surface area contributed by atoms with Crippen LogP contribution in [0.2, 0.25) is 0 Å². The van der Waals surface area contributed by atoms with Crippen molar-refractivity contribution in [3.05, 3.63) is 35.9 Å². The second-order valence-electron chi connectivity index (χ2n) is 4.93. The highest BCUT2D eigenvalue weighted by molar-refractivity contribution is 8.13. The molecule has 0 aromatic heterocycles. The lowest BCUT2D eigenvalue weighted by atomic mass is 10.1. The molecule has 0 radical (unpaired) electrons. The molecule has 21 heavy (non-hydrogen) atoms. The summed E-state index contributed by atoms with van der Waals surface area (Å²) in [6, 6.07) is 9.41. The summed E-state index contributed by atoms with van der Waals surface area (Å²) < 4.78 is 26.6. The molecule has 0 saturated carbocycles. The molecule has 1 N–H and O–H groups in total. The fraction of sp³-hybridized carbons (Fsp3) is 0.500. The van der Waals surface area contributed by atoms with Gasteiger partial charge >= 0.3 is 6.09 Å². The average Bonchev–Trinajstić information content (AvgIpc) is 2.42. The molecule has 1 aromatic rings. The summed E-state index contributed by atoms with van der Waals surface area (Å²) in [5, 5.41) is 2.66. The van der Waals surface area contributed by atoms with Crippen molar-refractivity contribution < 1.29 is 17.9 Å². The summed E-state index contributed by atoms with van der Waals surface area (Å²) in [5.41, 5.74) is 0.924. The number of benzene rings is 1. The summed E-state index contributed by atoms with van der Waals surface area (Å²) in [4.78, 5) is 11.5. The lowest BCUT2D eigenvalue weighted by molar-refractivity contribution is 0.138. The Labute approximate surface area is 130 Å². The molecule has 0 aliphatic carbocycles. The topological polar surface area (TPSA) is 72.5 Å². The van der Waals surface area contributed by atoms with Crippen molar-refractivity contribution >= 4 is 25.8 Å². The van der Waals surface area contributed by atoms with Crippen LogP contribution in [0.1, 0.15) is 25.3 Å². The molecule has 0 bridgehead atoms. The number of nitrogens with one attached hydrogen (secondary N) is 1. The first-order valence-electron chi connectivity index (χ1n) is 6.73. The number of halogens is 1. The molecular weight excluding hydrogens is 314 g/mol. The van der Waals surface area contributed by atoms with Gasteiger partial charge < -0.3 is 10.1 Å². The van der Waals surface area contributed by atoms with Gasteiger partial charge in [-0.3, -0.25) is 0 Å². The molecule has 1 amide bonds. The van der Waals surface area contributed by atoms with E-state index >= 15 is 0 Å². The van der Waals surface area contributed by atoms with E-state index in [4.69, 9.17) is 15.4 Å². The number of carbonyl (C=O) groups excluding carboxylic acids is 1. The Hall–Kier alpha value is -1.27. The summed E-state index contributed by atoms with van der Waals surface area (Å²) in [6.07, 6.45) is 0.675. The first-order valence-corrected chi connectivity index (χ1v) is 9.21. The first-order chi connectivity index (χ1) is 9.87. The minimum Gasteiger partial charge on any atom is -0.445 e. The van der Waals surface area contributed by atoms with Crippen LogP contribution in [-0.4, -0.2) is 26.8 Å². The molecular formula is C14H20ClNO4S. The Balaban J connectivity index is 2.14. The van der Waals surface area contributed by atoms with Gasteiger partial charge in [-0.2, -0.15) is 0 Å². The number of hydrogen-bond donors (Lipinski definition) is 1. The number of ether oxygens (including phenoxy) is 1. The van der Waals surface area contributed by atoms with E-state index in [9.17, 15) is 13.2 Å². The van der Waals surface area contributed by atoms with Gasteiger partial charge in [-0.15, -0.1) is 0 Å². The second kappa shape index (κ2) is 8.89. The normalized spacial score (nSPS) is 12.7. The van der Waals surface area contributed by atoms with Crippen molar-refractivity contribution in [2.75, 3.05) is 12.3 Å². The Morgan fingerprint density at radius 3 is 2.62 bits per heavy atom. The minimum atomic E-state index is -3.43. The largest absolute Gasteiger partial charge is 0.445 e. The fourth-order valence-electron chi connectivity index (χ4n) is 1.74. The van der Waals surface area contributed by atoms with Gasteiger partial charge in [0.05, 0.1) is 5.75 Å². The molecule has 5 nitrogen and oxygen atoms in total. The predicted octanol–water partition coefficient (Wildman–Crippen LogP) is 2.90. The molecule has 0 heterocycles. The third-order valence-corrected chi connectivity index (χ3v) is 4.13. The molecule has 0 aliphatic heterocycles. The zero-order chi connectivity index (χ0) is 15.7. The molecule has 1 unspecified atom stereocenters. The highest BCUT2D eigenvalue weighted by Crippen LogP contribution is 2.08. The lowest BCUT2D eigenvalue weighted by Gasteiger charge is -2.12. The van der Waals surface area contributed by atoms with Crippen LogP contribution in [0.25, 0.3) is 0 Å². The smallest absolute Gasteiger partial charge is 0.407 e. The van der Waals surface area contributed by atoms with Crippen molar-refractivity contribution in [3.8, 4) is 0 Å². The first kappa shape index (κ1) is 17.8. The molecule has 7 heteroatoms. The predicted molar refractivity (Wildman–Crippen MR) is 82.7 cm³/mol. The third kappa shape index (κ3) is 9.31. The minimum absolute atomic E-state index is 0.0443. The van der Waals surface area contributed by atoms with Crippen molar-refractivity contribution in [1.29, 1.82) is 0 Å². The van der Waals surface area contributed by atoms with E-state index in [1.807, 2.05) is 37.3 Å². The van der Waals surface area contributed by atoms with E-state index in [0.717, 1.165) is 5.56 Å². The maximum atomic E-state index is 11.5. The maximum absolute atomic E-state index is 11.5. The molecule has 0 spiro atoms. The number of rotatable bonds is 8. The molecule has 118 valence electrons. The quantitative estimate of drug-likeness (QED) is 0.742. The summed E-state index contributed by atoms with van der Waals surface area (Å²) in [5.74, 6) is 0.116. The van der Waals surface area contributed by atoms with Crippen LogP contribution in [0, 0.1) is 5.92 Å². The van der Waals surface area contributed by atoms with Gasteiger partial charge in [0.2, 0.25) is 9.05 Å². The third-order valence-electron chi connectivity index (χ3n) is 2.89. The molecule has 1 atom stereocenters. The number of amides is 1. The molecule has 0 aliphatic rings. The van der Waals surface area contributed by atoms with E-state index in [0.29, 0.717) is 19.4 Å². The van der Waals surface area contributed by atoms with E-state index < -0.39 is 15.1 Å². The molecule has 1 aromatic carbocycles. The van der Waals surface area contributed by atoms with E-state index in [1.165, 1.54) is 0 Å². The van der Waals surface area contributed by atoms with Gasteiger partial charge in [0.25, 0.3) is 0 Å². The summed E-state index contributed by atoms with van der Waals surface area (Å²) in [7, 11) is 1.70. The zero-order valence-corrected chi connectivity index (χ0v) is 13.5. The van der Waals surface area contributed by atoms with Gasteiger partial charge in [0.1, 0.15) is 6.61 Å². The monoisotopic (exact) mass is 333 g/mol. The van der Waals surface area contributed by atoms with Crippen LogP contribution in [0.4, 0.5) is 4.79 Å². The maximum Gasteiger partial charge on any atom is 0.407 e.